The molecule has 1 atom stereocenters. The quantitative estimate of drug-likeness (QED) is 0.691. The van der Waals surface area contributed by atoms with Crippen molar-refractivity contribution in [1.82, 2.24) is 0 Å². The van der Waals surface area contributed by atoms with Crippen LogP contribution in [-0.4, -0.2) is 17.6 Å². The lowest BCUT2D eigenvalue weighted by Gasteiger charge is -2.32. The molecule has 0 aliphatic carbocycles. The van der Waals surface area contributed by atoms with Gasteiger partial charge in [0.15, 0.2) is 0 Å². The lowest BCUT2D eigenvalue weighted by atomic mass is 9.72. The van der Waals surface area contributed by atoms with Gasteiger partial charge in [0, 0.05) is 6.54 Å². The van der Waals surface area contributed by atoms with Gasteiger partial charge in [-0.15, -0.1) is 0 Å². The van der Waals surface area contributed by atoms with Crippen LogP contribution in [-0.2, 0) is 4.79 Å². The van der Waals surface area contributed by atoms with Crippen molar-refractivity contribution in [3.63, 3.8) is 0 Å². The van der Waals surface area contributed by atoms with Crippen LogP contribution in [0.2, 0.25) is 0 Å². The summed E-state index contributed by atoms with van der Waals surface area (Å²) < 4.78 is 0. The van der Waals surface area contributed by atoms with Crippen molar-refractivity contribution < 1.29 is 9.90 Å². The van der Waals surface area contributed by atoms with Crippen molar-refractivity contribution in [1.29, 1.82) is 0 Å². The minimum Gasteiger partial charge on any atom is -0.481 e. The summed E-state index contributed by atoms with van der Waals surface area (Å²) in [5.41, 5.74) is 4.88. The van der Waals surface area contributed by atoms with Gasteiger partial charge in [0.2, 0.25) is 0 Å². The second kappa shape index (κ2) is 5.35. The Kier molecular flexibility index (Phi) is 5.13. The average molecular weight is 201 g/mol. The van der Waals surface area contributed by atoms with E-state index in [0.29, 0.717) is 12.3 Å². The molecule has 0 aromatic rings. The molecule has 14 heavy (non-hydrogen) atoms. The first-order valence-corrected chi connectivity index (χ1v) is 5.30. The molecule has 0 heterocycles. The van der Waals surface area contributed by atoms with Crippen LogP contribution in [0.15, 0.2) is 0 Å². The van der Waals surface area contributed by atoms with Crippen LogP contribution in [0.3, 0.4) is 0 Å². The molecular formula is C11H23NO2. The van der Waals surface area contributed by atoms with Gasteiger partial charge in [0.25, 0.3) is 0 Å². The smallest absolute Gasteiger partial charge is 0.311 e. The Labute approximate surface area is 86.7 Å². The summed E-state index contributed by atoms with van der Waals surface area (Å²) in [5.74, 6) is -0.140. The number of carboxylic acids is 1. The van der Waals surface area contributed by atoms with Gasteiger partial charge in [-0.25, -0.2) is 0 Å². The maximum Gasteiger partial charge on any atom is 0.311 e. The summed E-state index contributed by atoms with van der Waals surface area (Å²) in [7, 11) is 0. The van der Waals surface area contributed by atoms with E-state index in [1.54, 1.807) is 0 Å². The third kappa shape index (κ3) is 2.98. The monoisotopic (exact) mass is 201 g/mol. The van der Waals surface area contributed by atoms with E-state index in [0.717, 1.165) is 6.42 Å². The molecule has 3 N–H and O–H groups in total. The number of hydrogen-bond acceptors (Lipinski definition) is 2. The lowest BCUT2D eigenvalue weighted by Crippen LogP contribution is -2.43. The standard InChI is InChI=1S/C11H23NO2/c1-8(2)5-6-11(7-12,9(3)4)10(13)14/h8-9H,5-7,12H2,1-4H3,(H,13,14). The van der Waals surface area contributed by atoms with E-state index in [2.05, 4.69) is 13.8 Å². The zero-order valence-corrected chi connectivity index (χ0v) is 9.71. The van der Waals surface area contributed by atoms with Gasteiger partial charge in [-0.2, -0.15) is 0 Å². The van der Waals surface area contributed by atoms with Crippen LogP contribution in [0.25, 0.3) is 0 Å². The summed E-state index contributed by atoms with van der Waals surface area (Å²) in [5, 5.41) is 9.23. The Hall–Kier alpha value is -0.570. The molecule has 1 unspecified atom stereocenters. The van der Waals surface area contributed by atoms with Crippen LogP contribution in [0.5, 0.6) is 0 Å². The molecule has 0 aliphatic rings. The first-order valence-electron chi connectivity index (χ1n) is 5.30. The molecule has 3 nitrogen and oxygen atoms in total. The van der Waals surface area contributed by atoms with E-state index in [4.69, 9.17) is 5.73 Å². The van der Waals surface area contributed by atoms with Gasteiger partial charge < -0.3 is 10.8 Å². The molecular weight excluding hydrogens is 178 g/mol. The maximum absolute atomic E-state index is 11.2. The molecule has 0 aromatic heterocycles. The first-order chi connectivity index (χ1) is 6.36. The highest BCUT2D eigenvalue weighted by atomic mass is 16.4. The van der Waals surface area contributed by atoms with Gasteiger partial charge >= 0.3 is 5.97 Å². The Bertz CT molecular complexity index is 190. The zero-order chi connectivity index (χ0) is 11.4. The second-order valence-corrected chi connectivity index (χ2v) is 4.75. The maximum atomic E-state index is 11.2. The average Bonchev–Trinajstić information content (AvgIpc) is 2.04. The molecule has 0 saturated heterocycles. The third-order valence-corrected chi connectivity index (χ3v) is 3.06. The summed E-state index contributed by atoms with van der Waals surface area (Å²) in [6.07, 6.45) is 1.59. The van der Waals surface area contributed by atoms with Crippen molar-refractivity contribution >= 4 is 5.97 Å². The number of hydrogen-bond donors (Lipinski definition) is 2. The molecule has 0 bridgehead atoms. The SMILES string of the molecule is CC(C)CCC(CN)(C(=O)O)C(C)C. The molecule has 0 rings (SSSR count). The van der Waals surface area contributed by atoms with E-state index in [9.17, 15) is 9.90 Å². The Balaban J connectivity index is 4.60. The van der Waals surface area contributed by atoms with Gasteiger partial charge in [-0.05, 0) is 24.7 Å². The molecule has 0 radical (unpaired) electrons. The van der Waals surface area contributed by atoms with Crippen LogP contribution in [0.4, 0.5) is 0 Å². The Morgan fingerprint density at radius 3 is 2.07 bits per heavy atom. The lowest BCUT2D eigenvalue weighted by molar-refractivity contribution is -0.152. The van der Waals surface area contributed by atoms with Crippen molar-refractivity contribution in [3.8, 4) is 0 Å². The van der Waals surface area contributed by atoms with Gasteiger partial charge in [0.1, 0.15) is 0 Å². The predicted molar refractivity (Wildman–Crippen MR) is 58.0 cm³/mol. The Morgan fingerprint density at radius 2 is 1.86 bits per heavy atom. The van der Waals surface area contributed by atoms with E-state index in [-0.39, 0.29) is 12.5 Å². The van der Waals surface area contributed by atoms with Crippen molar-refractivity contribution in [2.45, 2.75) is 40.5 Å². The van der Waals surface area contributed by atoms with Crippen LogP contribution < -0.4 is 5.73 Å². The largest absolute Gasteiger partial charge is 0.481 e. The van der Waals surface area contributed by atoms with Gasteiger partial charge in [-0.3, -0.25) is 4.79 Å². The zero-order valence-electron chi connectivity index (χ0n) is 9.71. The molecule has 3 heteroatoms. The second-order valence-electron chi connectivity index (χ2n) is 4.75. The molecule has 0 saturated carbocycles. The van der Waals surface area contributed by atoms with E-state index >= 15 is 0 Å². The first kappa shape index (κ1) is 13.4. The number of aliphatic carboxylic acids is 1. The highest BCUT2D eigenvalue weighted by molar-refractivity contribution is 5.75. The molecule has 0 aliphatic heterocycles. The molecule has 0 fully saturated rings. The summed E-state index contributed by atoms with van der Waals surface area (Å²) in [6.45, 7) is 8.29. The minimum absolute atomic E-state index is 0.0868. The molecule has 0 aromatic carbocycles. The summed E-state index contributed by atoms with van der Waals surface area (Å²) in [6, 6.07) is 0. The molecule has 84 valence electrons. The van der Waals surface area contributed by atoms with E-state index in [1.807, 2.05) is 13.8 Å². The number of nitrogens with two attached hydrogens (primary N) is 1. The minimum atomic E-state index is -0.754. The normalized spacial score (nSPS) is 15.9. The fourth-order valence-electron chi connectivity index (χ4n) is 1.61. The van der Waals surface area contributed by atoms with Crippen LogP contribution in [0, 0.1) is 17.3 Å². The third-order valence-electron chi connectivity index (χ3n) is 3.06. The summed E-state index contributed by atoms with van der Waals surface area (Å²) in [4.78, 5) is 11.2. The topological polar surface area (TPSA) is 63.3 Å². The van der Waals surface area contributed by atoms with E-state index in [1.165, 1.54) is 0 Å². The molecule has 0 spiro atoms. The summed E-state index contributed by atoms with van der Waals surface area (Å²) >= 11 is 0. The van der Waals surface area contributed by atoms with Gasteiger partial charge in [-0.1, -0.05) is 27.7 Å². The number of rotatable bonds is 6. The highest BCUT2D eigenvalue weighted by Crippen LogP contribution is 2.33. The fraction of sp³-hybridized carbons (Fsp3) is 0.909. The number of carboxylic acid groups (broad SMARTS) is 1. The van der Waals surface area contributed by atoms with Crippen LogP contribution >= 0.6 is 0 Å². The fourth-order valence-corrected chi connectivity index (χ4v) is 1.61. The number of carbonyl (C=O) groups is 1. The van der Waals surface area contributed by atoms with Crippen molar-refractivity contribution in [2.24, 2.45) is 23.0 Å². The van der Waals surface area contributed by atoms with Crippen molar-refractivity contribution in [3.05, 3.63) is 0 Å². The van der Waals surface area contributed by atoms with E-state index < -0.39 is 11.4 Å². The highest BCUT2D eigenvalue weighted by Gasteiger charge is 2.39. The van der Waals surface area contributed by atoms with Crippen LogP contribution in [0.1, 0.15) is 40.5 Å². The molecule has 0 amide bonds. The Morgan fingerprint density at radius 1 is 1.36 bits per heavy atom. The van der Waals surface area contributed by atoms with Gasteiger partial charge in [0.05, 0.1) is 5.41 Å². The van der Waals surface area contributed by atoms with Crippen molar-refractivity contribution in [2.75, 3.05) is 6.54 Å². The predicted octanol–water partition coefficient (Wildman–Crippen LogP) is 2.11.